The maximum absolute atomic E-state index is 12.2. The van der Waals surface area contributed by atoms with Gasteiger partial charge in [0, 0.05) is 23.7 Å². The van der Waals surface area contributed by atoms with Crippen LogP contribution in [0.2, 0.25) is 5.02 Å². The molecule has 2 heterocycles. The van der Waals surface area contributed by atoms with Crippen LogP contribution in [0, 0.1) is 0 Å². The summed E-state index contributed by atoms with van der Waals surface area (Å²) >= 11 is 5.89. The molecule has 1 aliphatic rings. The van der Waals surface area contributed by atoms with E-state index in [0.29, 0.717) is 29.8 Å². The Morgan fingerprint density at radius 3 is 2.78 bits per heavy atom. The zero-order valence-corrected chi connectivity index (χ0v) is 16.1. The van der Waals surface area contributed by atoms with E-state index in [-0.39, 0.29) is 43.2 Å². The van der Waals surface area contributed by atoms with Crippen LogP contribution in [0.5, 0.6) is 0 Å². The van der Waals surface area contributed by atoms with Crippen LogP contribution in [-0.4, -0.2) is 53.0 Å². The minimum atomic E-state index is -0.351. The van der Waals surface area contributed by atoms with E-state index in [4.69, 9.17) is 21.9 Å². The lowest BCUT2D eigenvalue weighted by atomic mass is 9.98. The first-order valence-electron chi connectivity index (χ1n) is 8.41. The highest BCUT2D eigenvalue weighted by atomic mass is 35.5. The number of nitrogens with zero attached hydrogens (tertiary/aromatic N) is 3. The second kappa shape index (κ2) is 9.68. The van der Waals surface area contributed by atoms with Crippen molar-refractivity contribution in [1.82, 2.24) is 20.4 Å². The first-order chi connectivity index (χ1) is 12.6. The van der Waals surface area contributed by atoms with E-state index in [1.165, 1.54) is 0 Å². The lowest BCUT2D eigenvalue weighted by Crippen LogP contribution is -2.45. The maximum atomic E-state index is 12.2. The second-order valence-corrected chi connectivity index (χ2v) is 6.56. The fraction of sp³-hybridized carbons (Fsp3) is 0.412. The van der Waals surface area contributed by atoms with Crippen LogP contribution in [0.15, 0.2) is 28.8 Å². The van der Waals surface area contributed by atoms with Crippen LogP contribution >= 0.6 is 24.0 Å². The molecular weight excluding hydrogens is 393 g/mol. The highest BCUT2D eigenvalue weighted by Gasteiger charge is 2.28. The maximum Gasteiger partial charge on any atom is 0.241 e. The molecule has 27 heavy (non-hydrogen) atoms. The monoisotopic (exact) mass is 413 g/mol. The van der Waals surface area contributed by atoms with E-state index in [1.54, 1.807) is 17.0 Å². The molecule has 1 unspecified atom stereocenters. The number of rotatable bonds is 5. The summed E-state index contributed by atoms with van der Waals surface area (Å²) in [5.74, 6) is 0.491. The zero-order chi connectivity index (χ0) is 18.5. The zero-order valence-electron chi connectivity index (χ0n) is 14.6. The van der Waals surface area contributed by atoms with Crippen molar-refractivity contribution in [3.63, 3.8) is 0 Å². The number of hydrogen-bond donors (Lipinski definition) is 2. The average Bonchev–Trinajstić information content (AvgIpc) is 3.16. The van der Waals surface area contributed by atoms with Crippen molar-refractivity contribution in [3.8, 4) is 11.4 Å². The molecule has 1 aromatic carbocycles. The summed E-state index contributed by atoms with van der Waals surface area (Å²) in [7, 11) is 0. The van der Waals surface area contributed by atoms with Gasteiger partial charge in [0.25, 0.3) is 0 Å². The second-order valence-electron chi connectivity index (χ2n) is 6.12. The molecule has 10 heteroatoms. The molecule has 1 fully saturated rings. The fourth-order valence-electron chi connectivity index (χ4n) is 2.88. The van der Waals surface area contributed by atoms with E-state index in [0.717, 1.165) is 18.4 Å². The molecule has 0 saturated carbocycles. The SMILES string of the molecule is Cl.NCC(=O)NCC(=O)N1CCCC(c2nc(-c3ccc(Cl)cc3)no2)C1. The molecule has 146 valence electrons. The number of amides is 2. The van der Waals surface area contributed by atoms with Crippen LogP contribution < -0.4 is 11.1 Å². The molecule has 8 nitrogen and oxygen atoms in total. The number of benzene rings is 1. The Labute approximate surface area is 167 Å². The molecule has 0 bridgehead atoms. The van der Waals surface area contributed by atoms with Crippen molar-refractivity contribution in [3.05, 3.63) is 35.2 Å². The topological polar surface area (TPSA) is 114 Å². The smallest absolute Gasteiger partial charge is 0.241 e. The van der Waals surface area contributed by atoms with Crippen molar-refractivity contribution >= 4 is 35.8 Å². The van der Waals surface area contributed by atoms with Gasteiger partial charge in [0.05, 0.1) is 19.0 Å². The Hall–Kier alpha value is -2.16. The van der Waals surface area contributed by atoms with Gasteiger partial charge in [-0.15, -0.1) is 12.4 Å². The normalized spacial score (nSPS) is 16.5. The number of likely N-dealkylation sites (tertiary alicyclic amines) is 1. The lowest BCUT2D eigenvalue weighted by molar-refractivity contribution is -0.133. The number of aromatic nitrogens is 2. The molecule has 3 N–H and O–H groups in total. The van der Waals surface area contributed by atoms with Gasteiger partial charge in [-0.3, -0.25) is 9.59 Å². The summed E-state index contributed by atoms with van der Waals surface area (Å²) < 4.78 is 5.41. The molecule has 1 atom stereocenters. The number of piperidine rings is 1. The molecule has 1 saturated heterocycles. The van der Waals surface area contributed by atoms with Crippen LogP contribution in [0.3, 0.4) is 0 Å². The Kier molecular flexibility index (Phi) is 7.58. The molecular formula is C17H21Cl2N5O3. The van der Waals surface area contributed by atoms with Crippen molar-refractivity contribution in [1.29, 1.82) is 0 Å². The molecule has 2 aromatic rings. The standard InChI is InChI=1S/C17H20ClN5O3.ClH/c18-13-5-3-11(4-6-13)16-21-17(26-22-16)12-2-1-7-23(10-12)15(25)9-20-14(24)8-19;/h3-6,12H,1-2,7-10,19H2,(H,20,24);1H. The van der Waals surface area contributed by atoms with Crippen LogP contribution in [0.1, 0.15) is 24.7 Å². The van der Waals surface area contributed by atoms with Crippen LogP contribution in [0.25, 0.3) is 11.4 Å². The Balaban J connectivity index is 0.00000261. The van der Waals surface area contributed by atoms with E-state index < -0.39 is 0 Å². The quantitative estimate of drug-likeness (QED) is 0.768. The van der Waals surface area contributed by atoms with Crippen molar-refractivity contribution in [2.75, 3.05) is 26.2 Å². The van der Waals surface area contributed by atoms with Gasteiger partial charge in [0.2, 0.25) is 23.5 Å². The molecule has 0 aliphatic carbocycles. The summed E-state index contributed by atoms with van der Waals surface area (Å²) in [4.78, 5) is 29.6. The van der Waals surface area contributed by atoms with Gasteiger partial charge < -0.3 is 20.5 Å². The van der Waals surface area contributed by atoms with E-state index in [9.17, 15) is 9.59 Å². The van der Waals surface area contributed by atoms with E-state index >= 15 is 0 Å². The largest absolute Gasteiger partial charge is 0.346 e. The molecule has 0 radical (unpaired) electrons. The van der Waals surface area contributed by atoms with E-state index in [2.05, 4.69) is 15.5 Å². The van der Waals surface area contributed by atoms with Gasteiger partial charge in [0.15, 0.2) is 0 Å². The highest BCUT2D eigenvalue weighted by Crippen LogP contribution is 2.28. The van der Waals surface area contributed by atoms with Gasteiger partial charge in [-0.2, -0.15) is 4.98 Å². The van der Waals surface area contributed by atoms with Crippen molar-refractivity contribution < 1.29 is 14.1 Å². The lowest BCUT2D eigenvalue weighted by Gasteiger charge is -2.31. The summed E-state index contributed by atoms with van der Waals surface area (Å²) in [6.45, 7) is 0.944. The molecule has 1 aromatic heterocycles. The number of nitrogens with two attached hydrogens (primary N) is 1. The number of carbonyl (C=O) groups is 2. The van der Waals surface area contributed by atoms with Gasteiger partial charge >= 0.3 is 0 Å². The Morgan fingerprint density at radius 1 is 1.33 bits per heavy atom. The first kappa shape index (κ1) is 21.1. The Morgan fingerprint density at radius 2 is 2.07 bits per heavy atom. The third-order valence-corrected chi connectivity index (χ3v) is 4.54. The van der Waals surface area contributed by atoms with Crippen molar-refractivity contribution in [2.45, 2.75) is 18.8 Å². The third-order valence-electron chi connectivity index (χ3n) is 4.29. The fourth-order valence-corrected chi connectivity index (χ4v) is 3.01. The average molecular weight is 414 g/mol. The minimum absolute atomic E-state index is 0. The van der Waals surface area contributed by atoms with Gasteiger partial charge in [-0.1, -0.05) is 16.8 Å². The Bertz CT molecular complexity index is 781. The molecule has 3 rings (SSSR count). The van der Waals surface area contributed by atoms with Crippen LogP contribution in [-0.2, 0) is 9.59 Å². The minimum Gasteiger partial charge on any atom is -0.346 e. The summed E-state index contributed by atoms with van der Waals surface area (Å²) in [5, 5.41) is 7.16. The predicted molar refractivity (Wildman–Crippen MR) is 103 cm³/mol. The first-order valence-corrected chi connectivity index (χ1v) is 8.78. The van der Waals surface area contributed by atoms with Gasteiger partial charge in [-0.05, 0) is 37.1 Å². The molecule has 2 amide bonds. The highest BCUT2D eigenvalue weighted by molar-refractivity contribution is 6.30. The van der Waals surface area contributed by atoms with Gasteiger partial charge in [-0.25, -0.2) is 0 Å². The summed E-state index contributed by atoms with van der Waals surface area (Å²) in [6, 6.07) is 7.19. The van der Waals surface area contributed by atoms with Crippen molar-refractivity contribution in [2.24, 2.45) is 5.73 Å². The molecule has 0 spiro atoms. The summed E-state index contributed by atoms with van der Waals surface area (Å²) in [5.41, 5.74) is 6.04. The van der Waals surface area contributed by atoms with Gasteiger partial charge in [0.1, 0.15) is 0 Å². The number of halogens is 2. The van der Waals surface area contributed by atoms with E-state index in [1.807, 2.05) is 12.1 Å². The number of carbonyl (C=O) groups excluding carboxylic acids is 2. The number of hydrogen-bond acceptors (Lipinski definition) is 6. The third kappa shape index (κ3) is 5.41. The predicted octanol–water partition coefficient (Wildman–Crippen LogP) is 1.59. The van der Waals surface area contributed by atoms with Crippen LogP contribution in [0.4, 0.5) is 0 Å². The number of nitrogens with one attached hydrogen (secondary N) is 1. The molecule has 1 aliphatic heterocycles. The summed E-state index contributed by atoms with van der Waals surface area (Å²) in [6.07, 6.45) is 1.70.